The van der Waals surface area contributed by atoms with Gasteiger partial charge in [0, 0.05) is 17.5 Å². The first kappa shape index (κ1) is 15.3. The molecule has 1 heterocycles. The lowest BCUT2D eigenvalue weighted by Crippen LogP contribution is -2.09. The van der Waals surface area contributed by atoms with Gasteiger partial charge in [-0.25, -0.2) is 4.98 Å². The molecule has 0 spiro atoms. The van der Waals surface area contributed by atoms with Crippen LogP contribution in [0.5, 0.6) is 5.75 Å². The average Bonchev–Trinajstić information content (AvgIpc) is 2.92. The first-order valence-electron chi connectivity index (χ1n) is 6.62. The summed E-state index contributed by atoms with van der Waals surface area (Å²) in [6, 6.07) is 12.7. The predicted molar refractivity (Wildman–Crippen MR) is 90.0 cm³/mol. The minimum atomic E-state index is -0.358. The summed E-state index contributed by atoms with van der Waals surface area (Å²) < 4.78 is 6.36. The van der Waals surface area contributed by atoms with Crippen LogP contribution in [0.15, 0.2) is 42.5 Å². The monoisotopic (exact) mass is 351 g/mol. The van der Waals surface area contributed by atoms with E-state index in [2.05, 4.69) is 4.98 Å². The van der Waals surface area contributed by atoms with Crippen molar-refractivity contribution in [3.05, 3.63) is 57.5 Å². The summed E-state index contributed by atoms with van der Waals surface area (Å²) >= 11 is 13.4. The number of nitrogens with zero attached hydrogens (tertiary/aromatic N) is 1. The van der Waals surface area contributed by atoms with Gasteiger partial charge in [0.1, 0.15) is 0 Å². The van der Waals surface area contributed by atoms with Gasteiger partial charge in [0.15, 0.2) is 5.75 Å². The van der Waals surface area contributed by atoms with Gasteiger partial charge in [-0.3, -0.25) is 4.79 Å². The van der Waals surface area contributed by atoms with Crippen LogP contribution in [-0.4, -0.2) is 11.0 Å². The third-order valence-electron chi connectivity index (χ3n) is 3.00. The number of rotatable bonds is 4. The first-order chi connectivity index (χ1) is 10.6. The number of benzene rings is 2. The summed E-state index contributed by atoms with van der Waals surface area (Å²) in [5.74, 6) is -0.0770. The van der Waals surface area contributed by atoms with Crippen molar-refractivity contribution in [3.8, 4) is 5.75 Å². The lowest BCUT2D eigenvalue weighted by Gasteiger charge is -2.05. The molecule has 0 fully saturated rings. The maximum atomic E-state index is 11.9. The molecule has 1 aromatic heterocycles. The zero-order chi connectivity index (χ0) is 15.5. The molecule has 0 aliphatic heterocycles. The van der Waals surface area contributed by atoms with E-state index in [-0.39, 0.29) is 18.1 Å². The second-order valence-electron chi connectivity index (χ2n) is 4.62. The van der Waals surface area contributed by atoms with E-state index >= 15 is 0 Å². The van der Waals surface area contributed by atoms with Crippen molar-refractivity contribution < 1.29 is 9.53 Å². The van der Waals surface area contributed by atoms with E-state index in [1.165, 1.54) is 6.07 Å². The summed E-state index contributed by atoms with van der Waals surface area (Å²) in [5.41, 5.74) is 0.953. The molecular formula is C16H11Cl2NO2S. The standard InChI is InChI=1S/C16H11Cl2NO2S/c17-10-5-6-11(18)13(9-10)21-16(20)8-7-15-19-12-3-1-2-4-14(12)22-15/h1-6,9H,7-8H2. The van der Waals surface area contributed by atoms with E-state index < -0.39 is 0 Å². The SMILES string of the molecule is O=C(CCc1nc2ccccc2s1)Oc1cc(Cl)ccc1Cl. The third kappa shape index (κ3) is 3.58. The number of hydrogen-bond donors (Lipinski definition) is 0. The highest BCUT2D eigenvalue weighted by atomic mass is 35.5. The van der Waals surface area contributed by atoms with Crippen LogP contribution in [0.1, 0.15) is 11.4 Å². The van der Waals surface area contributed by atoms with Crippen molar-refractivity contribution in [2.45, 2.75) is 12.8 Å². The molecule has 0 unspecified atom stereocenters. The lowest BCUT2D eigenvalue weighted by molar-refractivity contribution is -0.134. The van der Waals surface area contributed by atoms with Crippen LogP contribution in [-0.2, 0) is 11.2 Å². The molecule has 112 valence electrons. The maximum absolute atomic E-state index is 11.9. The molecule has 3 rings (SSSR count). The molecule has 22 heavy (non-hydrogen) atoms. The molecule has 3 nitrogen and oxygen atoms in total. The Balaban J connectivity index is 1.63. The van der Waals surface area contributed by atoms with E-state index in [1.807, 2.05) is 24.3 Å². The Labute approximate surface area is 141 Å². The van der Waals surface area contributed by atoms with Crippen molar-refractivity contribution in [2.75, 3.05) is 0 Å². The molecule has 0 aliphatic carbocycles. The third-order valence-corrected chi connectivity index (χ3v) is 4.64. The van der Waals surface area contributed by atoms with Gasteiger partial charge in [0.2, 0.25) is 0 Å². The number of esters is 1. The van der Waals surface area contributed by atoms with Crippen LogP contribution in [0.25, 0.3) is 10.2 Å². The number of ether oxygens (including phenoxy) is 1. The molecule has 2 aromatic carbocycles. The number of aromatic nitrogens is 1. The van der Waals surface area contributed by atoms with Crippen LogP contribution < -0.4 is 4.74 Å². The van der Waals surface area contributed by atoms with Crippen molar-refractivity contribution in [1.82, 2.24) is 4.98 Å². The fraction of sp³-hybridized carbons (Fsp3) is 0.125. The van der Waals surface area contributed by atoms with E-state index in [4.69, 9.17) is 27.9 Å². The molecule has 0 aliphatic rings. The number of hydrogen-bond acceptors (Lipinski definition) is 4. The Morgan fingerprint density at radius 3 is 2.82 bits per heavy atom. The van der Waals surface area contributed by atoms with E-state index in [0.29, 0.717) is 16.5 Å². The van der Waals surface area contributed by atoms with Crippen molar-refractivity contribution in [1.29, 1.82) is 0 Å². The van der Waals surface area contributed by atoms with Gasteiger partial charge in [-0.15, -0.1) is 11.3 Å². The summed E-state index contributed by atoms with van der Waals surface area (Å²) in [7, 11) is 0. The van der Waals surface area contributed by atoms with Crippen LogP contribution in [0, 0.1) is 0 Å². The second kappa shape index (κ2) is 6.65. The zero-order valence-electron chi connectivity index (χ0n) is 11.4. The van der Waals surface area contributed by atoms with Crippen molar-refractivity contribution >= 4 is 50.7 Å². The highest BCUT2D eigenvalue weighted by Crippen LogP contribution is 2.28. The number of carbonyl (C=O) groups is 1. The zero-order valence-corrected chi connectivity index (χ0v) is 13.7. The van der Waals surface area contributed by atoms with Crippen molar-refractivity contribution in [2.24, 2.45) is 0 Å². The largest absolute Gasteiger partial charge is 0.425 e. The van der Waals surface area contributed by atoms with Crippen LogP contribution in [0.3, 0.4) is 0 Å². The molecule has 0 atom stereocenters. The van der Waals surface area contributed by atoms with Crippen LogP contribution in [0.4, 0.5) is 0 Å². The van der Waals surface area contributed by atoms with Gasteiger partial charge in [-0.1, -0.05) is 35.3 Å². The summed E-state index contributed by atoms with van der Waals surface area (Å²) in [6.07, 6.45) is 0.777. The number of aryl methyl sites for hydroxylation is 1. The van der Waals surface area contributed by atoms with E-state index in [9.17, 15) is 4.79 Å². The molecular weight excluding hydrogens is 341 g/mol. The van der Waals surface area contributed by atoms with Gasteiger partial charge < -0.3 is 4.74 Å². The molecule has 0 amide bonds. The molecule has 0 N–H and O–H groups in total. The molecule has 0 saturated carbocycles. The number of fused-ring (bicyclic) bond motifs is 1. The fourth-order valence-corrected chi connectivity index (χ4v) is 3.25. The Morgan fingerprint density at radius 2 is 2.00 bits per heavy atom. The summed E-state index contributed by atoms with van der Waals surface area (Å²) in [6.45, 7) is 0. The van der Waals surface area contributed by atoms with Gasteiger partial charge in [0.25, 0.3) is 0 Å². The number of thiazole rings is 1. The normalized spacial score (nSPS) is 10.8. The van der Waals surface area contributed by atoms with Crippen molar-refractivity contribution in [3.63, 3.8) is 0 Å². The Bertz CT molecular complexity index is 799. The summed E-state index contributed by atoms with van der Waals surface area (Å²) in [4.78, 5) is 16.4. The minimum Gasteiger partial charge on any atom is -0.425 e. The highest BCUT2D eigenvalue weighted by molar-refractivity contribution is 7.18. The quantitative estimate of drug-likeness (QED) is 0.482. The van der Waals surface area contributed by atoms with Gasteiger partial charge in [-0.05, 0) is 24.3 Å². The molecule has 6 heteroatoms. The smallest absolute Gasteiger partial charge is 0.311 e. The fourth-order valence-electron chi connectivity index (χ4n) is 1.96. The Morgan fingerprint density at radius 1 is 1.18 bits per heavy atom. The maximum Gasteiger partial charge on any atom is 0.311 e. The summed E-state index contributed by atoms with van der Waals surface area (Å²) in [5, 5.41) is 1.74. The first-order valence-corrected chi connectivity index (χ1v) is 8.19. The van der Waals surface area contributed by atoms with E-state index in [0.717, 1.165) is 15.2 Å². The lowest BCUT2D eigenvalue weighted by atomic mass is 10.3. The van der Waals surface area contributed by atoms with Crippen LogP contribution >= 0.6 is 34.5 Å². The van der Waals surface area contributed by atoms with Gasteiger partial charge in [0.05, 0.1) is 26.7 Å². The molecule has 0 bridgehead atoms. The van der Waals surface area contributed by atoms with E-state index in [1.54, 1.807) is 23.5 Å². The average molecular weight is 352 g/mol. The van der Waals surface area contributed by atoms with Gasteiger partial charge >= 0.3 is 5.97 Å². The molecule has 0 radical (unpaired) electrons. The Hall–Kier alpha value is -1.62. The number of halogens is 2. The predicted octanol–water partition coefficient (Wildman–Crippen LogP) is 5.14. The topological polar surface area (TPSA) is 39.2 Å². The highest BCUT2D eigenvalue weighted by Gasteiger charge is 2.11. The number of para-hydroxylation sites is 1. The molecule has 0 saturated heterocycles. The van der Waals surface area contributed by atoms with Crippen LogP contribution in [0.2, 0.25) is 10.0 Å². The second-order valence-corrected chi connectivity index (χ2v) is 6.58. The number of carbonyl (C=O) groups excluding carboxylic acids is 1. The molecule has 3 aromatic rings. The Kier molecular flexibility index (Phi) is 4.62. The van der Waals surface area contributed by atoms with Gasteiger partial charge in [-0.2, -0.15) is 0 Å². The minimum absolute atomic E-state index is 0.239.